The van der Waals surface area contributed by atoms with Crippen molar-refractivity contribution in [3.63, 3.8) is 0 Å². The number of H-pyrrole nitrogens is 1. The fourth-order valence-corrected chi connectivity index (χ4v) is 1.64. The highest BCUT2D eigenvalue weighted by Crippen LogP contribution is 2.27. The second-order valence-corrected chi connectivity index (χ2v) is 3.82. The van der Waals surface area contributed by atoms with Crippen molar-refractivity contribution >= 4 is 22.7 Å². The Balaban J connectivity index is 2.48. The van der Waals surface area contributed by atoms with E-state index in [4.69, 9.17) is 5.11 Å². The molecule has 4 N–H and O–H groups in total. The number of aromatic nitrogens is 2. The highest BCUT2D eigenvalue weighted by Gasteiger charge is 2.26. The maximum atomic E-state index is 10.8. The van der Waals surface area contributed by atoms with Gasteiger partial charge in [0.2, 0.25) is 0 Å². The number of carboxylic acid groups (broad SMARTS) is 1. The Kier molecular flexibility index (Phi) is 3.15. The minimum Gasteiger partial charge on any atom is -0.479 e. The van der Waals surface area contributed by atoms with Crippen LogP contribution in [0.25, 0.3) is 11.0 Å². The predicted octanol–water partition coefficient (Wildman–Crippen LogP) is -0.0500. The maximum absolute atomic E-state index is 10.8. The van der Waals surface area contributed by atoms with E-state index >= 15 is 0 Å². The zero-order valence-electron chi connectivity index (χ0n) is 9.35. The Morgan fingerprint density at radius 3 is 2.74 bits per heavy atom. The zero-order valence-corrected chi connectivity index (χ0v) is 9.35. The molecule has 9 heteroatoms. The van der Waals surface area contributed by atoms with Gasteiger partial charge in [-0.3, -0.25) is 10.1 Å². The molecule has 19 heavy (non-hydrogen) atoms. The Bertz CT molecular complexity index is 652. The number of carboxylic acids is 1. The van der Waals surface area contributed by atoms with Crippen molar-refractivity contribution in [3.05, 3.63) is 34.1 Å². The van der Waals surface area contributed by atoms with Crippen LogP contribution in [0.2, 0.25) is 0 Å². The van der Waals surface area contributed by atoms with Crippen molar-refractivity contribution in [1.29, 1.82) is 0 Å². The lowest BCUT2D eigenvalue weighted by molar-refractivity contribution is -0.383. The molecular weight excluding hydrogens is 258 g/mol. The Morgan fingerprint density at radius 2 is 2.16 bits per heavy atom. The van der Waals surface area contributed by atoms with Gasteiger partial charge in [-0.25, -0.2) is 9.78 Å². The van der Waals surface area contributed by atoms with Gasteiger partial charge < -0.3 is 20.3 Å². The first-order chi connectivity index (χ1) is 8.91. The number of nitrogens with zero attached hydrogens (tertiary/aromatic N) is 2. The van der Waals surface area contributed by atoms with Crippen LogP contribution in [0.15, 0.2) is 18.5 Å². The summed E-state index contributed by atoms with van der Waals surface area (Å²) in [5, 5.41) is 38.3. The quantitative estimate of drug-likeness (QED) is 0.448. The number of hydrogen-bond acceptors (Lipinski definition) is 6. The van der Waals surface area contributed by atoms with E-state index < -0.39 is 23.1 Å². The molecule has 0 fully saturated rings. The molecule has 0 aliphatic heterocycles. The summed E-state index contributed by atoms with van der Waals surface area (Å²) < 4.78 is 0. The fourth-order valence-electron chi connectivity index (χ4n) is 1.64. The van der Waals surface area contributed by atoms with E-state index in [1.807, 2.05) is 0 Å². The van der Waals surface area contributed by atoms with Gasteiger partial charge in [-0.05, 0) is 6.07 Å². The molecule has 0 spiro atoms. The lowest BCUT2D eigenvalue weighted by Crippen LogP contribution is -2.27. The number of rotatable bonds is 4. The van der Waals surface area contributed by atoms with E-state index in [9.17, 15) is 25.1 Å². The SMILES string of the molecule is O=C(O)C(O)C(O)c1cnc2[nH]cc([N+](=O)[O-])c2c1. The minimum atomic E-state index is -2.03. The van der Waals surface area contributed by atoms with E-state index in [2.05, 4.69) is 9.97 Å². The molecule has 2 rings (SSSR count). The standard InChI is InChI=1S/C10H9N3O6/c14-7(8(15)10(16)17)4-1-5-6(13(18)19)3-12-9(5)11-2-4/h1-3,7-8,14-15H,(H,11,12)(H,16,17). The van der Waals surface area contributed by atoms with Crippen molar-refractivity contribution in [1.82, 2.24) is 9.97 Å². The highest BCUT2D eigenvalue weighted by molar-refractivity contribution is 5.86. The molecule has 0 amide bonds. The first-order valence-electron chi connectivity index (χ1n) is 5.12. The maximum Gasteiger partial charge on any atom is 0.335 e. The van der Waals surface area contributed by atoms with Crippen LogP contribution < -0.4 is 0 Å². The molecule has 0 aliphatic carbocycles. The summed E-state index contributed by atoms with van der Waals surface area (Å²) in [6.45, 7) is 0. The smallest absolute Gasteiger partial charge is 0.335 e. The van der Waals surface area contributed by atoms with Crippen molar-refractivity contribution in [2.24, 2.45) is 0 Å². The number of nitro groups is 1. The molecule has 0 bridgehead atoms. The van der Waals surface area contributed by atoms with Crippen LogP contribution in [0.4, 0.5) is 5.69 Å². The average Bonchev–Trinajstić information content (AvgIpc) is 2.79. The van der Waals surface area contributed by atoms with Gasteiger partial charge in [0.15, 0.2) is 6.10 Å². The Hall–Kier alpha value is -2.52. The molecule has 9 nitrogen and oxygen atoms in total. The van der Waals surface area contributed by atoms with Gasteiger partial charge in [0.25, 0.3) is 5.69 Å². The number of nitrogens with one attached hydrogen (secondary N) is 1. The van der Waals surface area contributed by atoms with Gasteiger partial charge in [0.05, 0.1) is 16.5 Å². The summed E-state index contributed by atoms with van der Waals surface area (Å²) >= 11 is 0. The summed E-state index contributed by atoms with van der Waals surface area (Å²) in [7, 11) is 0. The van der Waals surface area contributed by atoms with Crippen molar-refractivity contribution in [3.8, 4) is 0 Å². The molecule has 2 heterocycles. The summed E-state index contributed by atoms with van der Waals surface area (Å²) in [5.41, 5.74) is -0.0427. The van der Waals surface area contributed by atoms with Gasteiger partial charge in [-0.2, -0.15) is 0 Å². The van der Waals surface area contributed by atoms with Gasteiger partial charge in [-0.1, -0.05) is 0 Å². The van der Waals surface area contributed by atoms with Crippen LogP contribution in [0, 0.1) is 10.1 Å². The Labute approximate surface area is 105 Å². The number of hydrogen-bond donors (Lipinski definition) is 4. The first-order valence-corrected chi connectivity index (χ1v) is 5.12. The third-order valence-corrected chi connectivity index (χ3v) is 2.62. The molecule has 2 aromatic heterocycles. The minimum absolute atomic E-state index is 0.0231. The molecule has 2 aromatic rings. The number of pyridine rings is 1. The molecule has 0 aromatic carbocycles. The van der Waals surface area contributed by atoms with Gasteiger partial charge in [-0.15, -0.1) is 0 Å². The number of aromatic amines is 1. The van der Waals surface area contributed by atoms with Crippen LogP contribution in [0.5, 0.6) is 0 Å². The third-order valence-electron chi connectivity index (χ3n) is 2.62. The number of aliphatic hydroxyl groups is 2. The van der Waals surface area contributed by atoms with Crippen LogP contribution in [-0.4, -0.2) is 42.3 Å². The molecule has 0 radical (unpaired) electrons. The molecule has 2 atom stereocenters. The molecule has 0 aliphatic rings. The van der Waals surface area contributed by atoms with Crippen molar-refractivity contribution in [2.45, 2.75) is 12.2 Å². The van der Waals surface area contributed by atoms with Gasteiger partial charge in [0.1, 0.15) is 11.8 Å². The van der Waals surface area contributed by atoms with Crippen molar-refractivity contribution in [2.75, 3.05) is 0 Å². The number of aliphatic carboxylic acids is 1. The summed E-state index contributed by atoms with van der Waals surface area (Å²) in [4.78, 5) is 27.1. The molecular formula is C10H9N3O6. The van der Waals surface area contributed by atoms with E-state index in [0.717, 1.165) is 12.4 Å². The largest absolute Gasteiger partial charge is 0.479 e. The van der Waals surface area contributed by atoms with E-state index in [1.54, 1.807) is 0 Å². The lowest BCUT2D eigenvalue weighted by atomic mass is 10.1. The predicted molar refractivity (Wildman–Crippen MR) is 61.4 cm³/mol. The van der Waals surface area contributed by atoms with Gasteiger partial charge in [0, 0.05) is 11.8 Å². The van der Waals surface area contributed by atoms with Crippen molar-refractivity contribution < 1.29 is 25.0 Å². The fraction of sp³-hybridized carbons (Fsp3) is 0.200. The van der Waals surface area contributed by atoms with E-state index in [1.165, 1.54) is 6.07 Å². The molecule has 2 unspecified atom stereocenters. The number of aliphatic hydroxyl groups excluding tert-OH is 2. The zero-order chi connectivity index (χ0) is 14.2. The Morgan fingerprint density at radius 1 is 1.47 bits per heavy atom. The van der Waals surface area contributed by atoms with Crippen LogP contribution in [0.1, 0.15) is 11.7 Å². The molecule has 0 saturated carbocycles. The van der Waals surface area contributed by atoms with E-state index in [0.29, 0.717) is 0 Å². The summed E-state index contributed by atoms with van der Waals surface area (Å²) in [6.07, 6.45) is -1.47. The van der Waals surface area contributed by atoms with E-state index in [-0.39, 0.29) is 22.3 Å². The topological polar surface area (TPSA) is 150 Å². The van der Waals surface area contributed by atoms with Crippen LogP contribution >= 0.6 is 0 Å². The number of carbonyl (C=O) groups is 1. The molecule has 100 valence electrons. The molecule has 0 saturated heterocycles. The summed E-state index contributed by atoms with van der Waals surface area (Å²) in [6, 6.07) is 1.22. The second kappa shape index (κ2) is 4.63. The monoisotopic (exact) mass is 267 g/mol. The third kappa shape index (κ3) is 2.23. The highest BCUT2D eigenvalue weighted by atomic mass is 16.6. The first kappa shape index (κ1) is 12.9. The van der Waals surface area contributed by atoms with Gasteiger partial charge >= 0.3 is 5.97 Å². The number of fused-ring (bicyclic) bond motifs is 1. The second-order valence-electron chi connectivity index (χ2n) is 3.82. The van der Waals surface area contributed by atoms with Crippen LogP contribution in [-0.2, 0) is 4.79 Å². The normalized spacial score (nSPS) is 14.2. The summed E-state index contributed by atoms with van der Waals surface area (Å²) in [5.74, 6) is -1.60. The van der Waals surface area contributed by atoms with Crippen LogP contribution in [0.3, 0.4) is 0 Å². The average molecular weight is 267 g/mol. The lowest BCUT2D eigenvalue weighted by Gasteiger charge is -2.13.